The monoisotopic (exact) mass is 697 g/mol. The fourth-order valence-electron chi connectivity index (χ4n) is 3.24. The van der Waals surface area contributed by atoms with Gasteiger partial charge in [0, 0.05) is 49.7 Å². The summed E-state index contributed by atoms with van der Waals surface area (Å²) < 4.78 is 52.1. The van der Waals surface area contributed by atoms with E-state index in [-0.39, 0.29) is 37.0 Å². The summed E-state index contributed by atoms with van der Waals surface area (Å²) in [5.74, 6) is -0.565. The van der Waals surface area contributed by atoms with Gasteiger partial charge in [-0.25, -0.2) is 27.0 Å². The highest BCUT2D eigenvalue weighted by atomic mass is 35.7. The van der Waals surface area contributed by atoms with E-state index in [9.17, 15) is 26.4 Å². The highest BCUT2D eigenvalue weighted by Gasteiger charge is 2.12. The number of nitrogens with two attached hydrogens (primary N) is 1. The highest BCUT2D eigenvalue weighted by molar-refractivity contribution is 8.13. The summed E-state index contributed by atoms with van der Waals surface area (Å²) in [5.41, 5.74) is 6.92. The molecular weight excluding hydrogens is 646 g/mol. The summed E-state index contributed by atoms with van der Waals surface area (Å²) in [7, 11) is 3.27. The van der Waals surface area contributed by atoms with Gasteiger partial charge in [-0.1, -0.05) is 51.3 Å². The van der Waals surface area contributed by atoms with Crippen LogP contribution in [0.5, 0.6) is 0 Å². The van der Waals surface area contributed by atoms with Gasteiger partial charge in [0.1, 0.15) is 0 Å². The van der Waals surface area contributed by atoms with Crippen molar-refractivity contribution in [2.24, 2.45) is 5.73 Å². The number of amides is 1. The molecule has 0 saturated carbocycles. The number of rotatable bonds is 16. The van der Waals surface area contributed by atoms with E-state index in [4.69, 9.17) is 21.6 Å². The first-order valence-electron chi connectivity index (χ1n) is 13.4. The topological polar surface area (TPSA) is 188 Å². The fraction of sp³-hybridized carbons (Fsp3) is 0.517. The minimum Gasteiger partial charge on any atom is -0.469 e. The number of carbonyl (C=O) groups is 2. The van der Waals surface area contributed by atoms with Crippen LogP contribution in [0.3, 0.4) is 0 Å². The maximum atomic E-state index is 11.9. The number of likely N-dealkylation sites (N-methyl/N-ethyl adjacent to an activating group) is 2. The number of nitrogens with zero attached hydrogens (tertiary/aromatic N) is 2. The standard InChI is InChI=1S/C13H21N3O4S.C8H18N2O2.C6H5ClO2S.2CH4/c1-16(10-5-8-13(17)15-18)11-9-14-21(19,20)12-6-3-2-4-7-12;1-10(7-5-9)6-3-4-8(11)12-2;7-10(8,9)6-4-2-1-3-5-6;;/h2-4,6-7,14,18H,5,8-11H2,1H3,(H,15,17);3-7,9H2,1-2H3;1-5H;2*1H4. The lowest BCUT2D eigenvalue weighted by Gasteiger charge is -2.16. The molecule has 45 heavy (non-hydrogen) atoms. The summed E-state index contributed by atoms with van der Waals surface area (Å²) in [6, 6.07) is 16.1. The Kier molecular flexibility index (Phi) is 27.6. The van der Waals surface area contributed by atoms with Gasteiger partial charge in [-0.3, -0.25) is 14.8 Å². The first-order valence-corrected chi connectivity index (χ1v) is 17.2. The lowest BCUT2D eigenvalue weighted by atomic mass is 10.3. The SMILES string of the molecule is C.C.CN(CCCC(=O)NO)CCNS(=O)(=O)c1ccccc1.COC(=O)CCCN(C)CCN.O=S(=O)(Cl)c1ccccc1. The van der Waals surface area contributed by atoms with Gasteiger partial charge in [0.2, 0.25) is 15.9 Å². The van der Waals surface area contributed by atoms with Gasteiger partial charge >= 0.3 is 5.97 Å². The van der Waals surface area contributed by atoms with Crippen molar-refractivity contribution in [3.05, 3.63) is 60.7 Å². The first kappa shape index (κ1) is 46.8. The molecule has 0 heterocycles. The van der Waals surface area contributed by atoms with Gasteiger partial charge in [0.15, 0.2) is 0 Å². The Bertz CT molecular complexity index is 1260. The van der Waals surface area contributed by atoms with Crippen molar-refractivity contribution in [2.75, 3.05) is 60.5 Å². The van der Waals surface area contributed by atoms with E-state index in [2.05, 4.69) is 14.4 Å². The largest absolute Gasteiger partial charge is 0.469 e. The van der Waals surface area contributed by atoms with Crippen LogP contribution >= 0.6 is 10.7 Å². The molecule has 0 bridgehead atoms. The number of nitrogens with one attached hydrogen (secondary N) is 2. The second kappa shape index (κ2) is 26.6. The zero-order chi connectivity index (χ0) is 32.7. The second-order valence-corrected chi connectivity index (χ2v) is 13.5. The Morgan fingerprint density at radius 2 is 1.29 bits per heavy atom. The number of methoxy groups -OCH3 is 1. The Hall–Kier alpha value is -2.63. The van der Waals surface area contributed by atoms with Crippen molar-refractivity contribution in [2.45, 2.75) is 50.3 Å². The van der Waals surface area contributed by atoms with E-state index >= 15 is 0 Å². The Morgan fingerprint density at radius 3 is 1.71 bits per heavy atom. The third-order valence-corrected chi connectivity index (χ3v) is 8.44. The number of hydroxylamine groups is 1. The minimum atomic E-state index is -3.53. The normalized spacial score (nSPS) is 10.7. The summed E-state index contributed by atoms with van der Waals surface area (Å²) in [4.78, 5) is 25.9. The molecule has 0 radical (unpaired) electrons. The predicted octanol–water partition coefficient (Wildman–Crippen LogP) is 2.90. The van der Waals surface area contributed by atoms with Gasteiger partial charge < -0.3 is 20.3 Å². The molecule has 2 aromatic carbocycles. The molecule has 0 aromatic heterocycles. The van der Waals surface area contributed by atoms with Crippen molar-refractivity contribution >= 4 is 41.6 Å². The fourth-order valence-corrected chi connectivity index (χ4v) is 5.07. The molecule has 5 N–H and O–H groups in total. The molecule has 2 aromatic rings. The smallest absolute Gasteiger partial charge is 0.305 e. The molecule has 16 heteroatoms. The van der Waals surface area contributed by atoms with E-state index < -0.39 is 25.0 Å². The molecule has 0 aliphatic rings. The Morgan fingerprint density at radius 1 is 0.822 bits per heavy atom. The van der Waals surface area contributed by atoms with E-state index in [0.717, 1.165) is 19.5 Å². The second-order valence-electron chi connectivity index (χ2n) is 9.18. The van der Waals surface area contributed by atoms with Crippen LogP contribution in [0.1, 0.15) is 40.5 Å². The van der Waals surface area contributed by atoms with Crippen LogP contribution < -0.4 is 15.9 Å². The summed E-state index contributed by atoms with van der Waals surface area (Å²) in [6.45, 7) is 3.90. The molecule has 1 amide bonds. The van der Waals surface area contributed by atoms with Gasteiger partial charge in [0.05, 0.1) is 16.9 Å². The first-order chi connectivity index (χ1) is 20.3. The van der Waals surface area contributed by atoms with Crippen LogP contribution in [0, 0.1) is 0 Å². The molecule has 2 rings (SSSR count). The summed E-state index contributed by atoms with van der Waals surface area (Å²) in [5, 5.41) is 8.35. The molecular formula is C29H52ClN5O8S2. The van der Waals surface area contributed by atoms with E-state index in [0.29, 0.717) is 39.0 Å². The molecule has 0 unspecified atom stereocenters. The number of sulfonamides is 1. The van der Waals surface area contributed by atoms with E-state index in [1.807, 2.05) is 19.0 Å². The van der Waals surface area contributed by atoms with Crippen LogP contribution in [0.2, 0.25) is 0 Å². The Labute approximate surface area is 274 Å². The molecule has 260 valence electrons. The van der Waals surface area contributed by atoms with Crippen molar-refractivity contribution in [1.82, 2.24) is 20.0 Å². The van der Waals surface area contributed by atoms with Crippen LogP contribution in [0.4, 0.5) is 0 Å². The highest BCUT2D eigenvalue weighted by Crippen LogP contribution is 2.12. The van der Waals surface area contributed by atoms with E-state index in [1.54, 1.807) is 54.0 Å². The summed E-state index contributed by atoms with van der Waals surface area (Å²) >= 11 is 0. The van der Waals surface area contributed by atoms with Gasteiger partial charge in [0.25, 0.3) is 9.05 Å². The Balaban J connectivity index is -0.000000627. The third kappa shape index (κ3) is 24.3. The van der Waals surface area contributed by atoms with Crippen LogP contribution in [0.25, 0.3) is 0 Å². The molecule has 0 saturated heterocycles. The third-order valence-electron chi connectivity index (χ3n) is 5.59. The van der Waals surface area contributed by atoms with Crippen LogP contribution in [-0.2, 0) is 33.4 Å². The molecule has 0 aliphatic carbocycles. The van der Waals surface area contributed by atoms with Gasteiger partial charge in [-0.15, -0.1) is 0 Å². The lowest BCUT2D eigenvalue weighted by Crippen LogP contribution is -2.33. The average Bonchev–Trinajstić information content (AvgIpc) is 2.98. The zero-order valence-corrected chi connectivity index (χ0v) is 27.2. The van der Waals surface area contributed by atoms with Crippen LogP contribution in [0.15, 0.2) is 70.5 Å². The maximum absolute atomic E-state index is 11.9. The number of carbonyl (C=O) groups excluding carboxylic acids is 2. The van der Waals surface area contributed by atoms with Crippen molar-refractivity contribution in [1.29, 1.82) is 0 Å². The van der Waals surface area contributed by atoms with Crippen molar-refractivity contribution in [3.63, 3.8) is 0 Å². The quantitative estimate of drug-likeness (QED) is 0.0874. The van der Waals surface area contributed by atoms with Crippen molar-refractivity contribution < 1.29 is 36.4 Å². The molecule has 0 aliphatic heterocycles. The predicted molar refractivity (Wildman–Crippen MR) is 179 cm³/mol. The molecule has 0 atom stereocenters. The molecule has 0 fully saturated rings. The lowest BCUT2D eigenvalue weighted by molar-refractivity contribution is -0.140. The number of benzene rings is 2. The number of hydrogen-bond donors (Lipinski definition) is 4. The van der Waals surface area contributed by atoms with Gasteiger partial charge in [-0.2, -0.15) is 0 Å². The minimum absolute atomic E-state index is 0. The average molecular weight is 698 g/mol. The maximum Gasteiger partial charge on any atom is 0.305 e. The number of esters is 1. The summed E-state index contributed by atoms with van der Waals surface area (Å²) in [6.07, 6.45) is 2.15. The van der Waals surface area contributed by atoms with Gasteiger partial charge in [-0.05, 0) is 64.3 Å². The zero-order valence-electron chi connectivity index (χ0n) is 24.8. The van der Waals surface area contributed by atoms with E-state index in [1.165, 1.54) is 19.2 Å². The van der Waals surface area contributed by atoms with Crippen molar-refractivity contribution in [3.8, 4) is 0 Å². The number of hydrogen-bond acceptors (Lipinski definition) is 11. The number of ether oxygens (including phenoxy) is 1. The number of halogens is 1. The molecule has 0 spiro atoms. The molecule has 13 nitrogen and oxygen atoms in total. The van der Waals surface area contributed by atoms with Crippen LogP contribution in [-0.4, -0.2) is 104 Å².